The van der Waals surface area contributed by atoms with E-state index in [-0.39, 0.29) is 30.8 Å². The molecule has 0 aliphatic carbocycles. The molecule has 5 nitrogen and oxygen atoms in total. The normalized spacial score (nSPS) is 13.4. The van der Waals surface area contributed by atoms with E-state index in [1.54, 1.807) is 14.2 Å². The molecule has 0 spiro atoms. The molecule has 144 valence electrons. The summed E-state index contributed by atoms with van der Waals surface area (Å²) < 4.78 is 24.6. The second-order valence-electron chi connectivity index (χ2n) is 6.66. The zero-order chi connectivity index (χ0) is 18.5. The molecule has 0 radical (unpaired) electrons. The van der Waals surface area contributed by atoms with Crippen LogP contribution in [0.3, 0.4) is 0 Å². The molecule has 3 heterocycles. The number of halogens is 1. The molecule has 0 saturated heterocycles. The van der Waals surface area contributed by atoms with Crippen LogP contribution >= 0.6 is 0 Å². The minimum atomic E-state index is 0. The Hall–Kier alpha value is -2.48. The predicted molar refractivity (Wildman–Crippen MR) is 103 cm³/mol. The van der Waals surface area contributed by atoms with Gasteiger partial charge in [-0.1, -0.05) is 12.7 Å². The van der Waals surface area contributed by atoms with Gasteiger partial charge >= 0.3 is 0 Å². The molecular formula is C22H20INO4. The van der Waals surface area contributed by atoms with Crippen molar-refractivity contribution >= 4 is 16.8 Å². The number of ether oxygens (including phenoxy) is 4. The van der Waals surface area contributed by atoms with Gasteiger partial charge in [0.2, 0.25) is 12.5 Å². The van der Waals surface area contributed by atoms with Crippen LogP contribution in [0.1, 0.15) is 11.1 Å². The number of aryl methyl sites for hydroxylation is 2. The summed E-state index contributed by atoms with van der Waals surface area (Å²) >= 11 is 0. The smallest absolute Gasteiger partial charge is 0.231 e. The number of nitrogens with zero attached hydrogens (tertiary/aromatic N) is 1. The molecule has 28 heavy (non-hydrogen) atoms. The molecule has 0 amide bonds. The van der Waals surface area contributed by atoms with Crippen LogP contribution < -0.4 is 47.5 Å². The summed E-state index contributed by atoms with van der Waals surface area (Å²) in [5, 5.41) is 2.10. The Morgan fingerprint density at radius 2 is 1.86 bits per heavy atom. The van der Waals surface area contributed by atoms with Gasteiger partial charge in [-0.2, -0.15) is 4.57 Å². The summed E-state index contributed by atoms with van der Waals surface area (Å²) in [5.41, 5.74) is 4.65. The molecule has 3 aromatic rings. The van der Waals surface area contributed by atoms with Gasteiger partial charge in [-0.15, -0.1) is 0 Å². The molecule has 2 aliphatic rings. The minimum Gasteiger partial charge on any atom is -1.00 e. The van der Waals surface area contributed by atoms with Gasteiger partial charge < -0.3 is 42.9 Å². The second kappa shape index (κ2) is 7.16. The van der Waals surface area contributed by atoms with E-state index in [1.807, 2.05) is 12.1 Å². The van der Waals surface area contributed by atoms with Gasteiger partial charge in [0.25, 0.3) is 0 Å². The number of benzene rings is 2. The van der Waals surface area contributed by atoms with E-state index in [4.69, 9.17) is 18.9 Å². The van der Waals surface area contributed by atoms with Crippen LogP contribution in [0.25, 0.3) is 28.1 Å². The van der Waals surface area contributed by atoms with Gasteiger partial charge in [0.15, 0.2) is 35.7 Å². The lowest BCUT2D eigenvalue weighted by molar-refractivity contribution is -0.686. The molecule has 2 aromatic carbocycles. The van der Waals surface area contributed by atoms with E-state index in [0.717, 1.165) is 63.6 Å². The zero-order valence-electron chi connectivity index (χ0n) is 15.8. The number of fused-ring (bicyclic) bond motifs is 5. The Kier molecular flexibility index (Phi) is 4.82. The first kappa shape index (κ1) is 18.9. The van der Waals surface area contributed by atoms with Crippen molar-refractivity contribution in [2.45, 2.75) is 13.0 Å². The highest BCUT2D eigenvalue weighted by molar-refractivity contribution is 5.99. The van der Waals surface area contributed by atoms with Gasteiger partial charge in [-0.25, -0.2) is 0 Å². The summed E-state index contributed by atoms with van der Waals surface area (Å²) in [6, 6.07) is 8.19. The summed E-state index contributed by atoms with van der Waals surface area (Å²) in [6.07, 6.45) is 4.99. The fourth-order valence-corrected chi connectivity index (χ4v) is 4.15. The molecule has 0 atom stereocenters. The fraction of sp³-hybridized carbons (Fsp3) is 0.227. The van der Waals surface area contributed by atoms with Crippen molar-refractivity contribution in [3.63, 3.8) is 0 Å². The van der Waals surface area contributed by atoms with E-state index in [0.29, 0.717) is 0 Å². The van der Waals surface area contributed by atoms with Gasteiger partial charge in [-0.05, 0) is 29.8 Å². The monoisotopic (exact) mass is 489 g/mol. The first-order chi connectivity index (χ1) is 13.2. The van der Waals surface area contributed by atoms with E-state index in [9.17, 15) is 0 Å². The van der Waals surface area contributed by atoms with Crippen molar-refractivity contribution in [2.75, 3.05) is 21.0 Å². The predicted octanol–water partition coefficient (Wildman–Crippen LogP) is 0.743. The van der Waals surface area contributed by atoms with Gasteiger partial charge in [0, 0.05) is 11.8 Å². The Morgan fingerprint density at radius 3 is 2.57 bits per heavy atom. The van der Waals surface area contributed by atoms with E-state index in [1.165, 1.54) is 5.56 Å². The largest absolute Gasteiger partial charge is 1.00 e. The molecule has 0 N–H and O–H groups in total. The highest BCUT2D eigenvalue weighted by Crippen LogP contribution is 2.43. The van der Waals surface area contributed by atoms with Crippen LogP contribution in [0, 0.1) is 0 Å². The van der Waals surface area contributed by atoms with Crippen molar-refractivity contribution in [1.29, 1.82) is 0 Å². The molecule has 0 bridgehead atoms. The van der Waals surface area contributed by atoms with E-state index >= 15 is 0 Å². The standard InChI is InChI=1S/C22H20NO4.HI/c1-4-14-15-5-6-18(24-2)22(25-3)17(15)11-23-8-7-13-9-19-20(27-12-26-19)10-16(13)21(14)23;/h4-6,9-11H,1,7-8,12H2,2-3H3;1H/q+1;/p-1. The molecule has 1 aromatic heterocycles. The van der Waals surface area contributed by atoms with Crippen molar-refractivity contribution in [2.24, 2.45) is 0 Å². The summed E-state index contributed by atoms with van der Waals surface area (Å²) in [6.45, 7) is 5.24. The number of methoxy groups -OCH3 is 2. The van der Waals surface area contributed by atoms with Crippen LogP contribution in [0.4, 0.5) is 0 Å². The first-order valence-corrected chi connectivity index (χ1v) is 8.91. The lowest BCUT2D eigenvalue weighted by Gasteiger charge is -2.19. The summed E-state index contributed by atoms with van der Waals surface area (Å²) in [5.74, 6) is 3.09. The maximum atomic E-state index is 5.66. The molecular weight excluding hydrogens is 469 g/mol. The number of aromatic nitrogens is 1. The first-order valence-electron chi connectivity index (χ1n) is 8.91. The zero-order valence-corrected chi connectivity index (χ0v) is 17.9. The fourth-order valence-electron chi connectivity index (χ4n) is 4.15. The Balaban J connectivity index is 0.00000192. The average molecular weight is 489 g/mol. The second-order valence-corrected chi connectivity index (χ2v) is 6.66. The molecule has 5 rings (SSSR count). The highest BCUT2D eigenvalue weighted by Gasteiger charge is 2.31. The number of pyridine rings is 1. The van der Waals surface area contributed by atoms with E-state index in [2.05, 4.69) is 35.5 Å². The van der Waals surface area contributed by atoms with Crippen molar-refractivity contribution in [3.05, 3.63) is 48.2 Å². The molecule has 0 unspecified atom stereocenters. The Labute approximate surface area is 180 Å². The van der Waals surface area contributed by atoms with E-state index < -0.39 is 0 Å². The third kappa shape index (κ3) is 2.62. The van der Waals surface area contributed by atoms with Crippen LogP contribution in [-0.4, -0.2) is 21.0 Å². The minimum absolute atomic E-state index is 0. The van der Waals surface area contributed by atoms with Crippen molar-refractivity contribution in [1.82, 2.24) is 0 Å². The molecule has 6 heteroatoms. The number of hydrogen-bond acceptors (Lipinski definition) is 4. The highest BCUT2D eigenvalue weighted by atomic mass is 127. The Morgan fingerprint density at radius 1 is 1.07 bits per heavy atom. The average Bonchev–Trinajstić information content (AvgIpc) is 3.16. The lowest BCUT2D eigenvalue weighted by Crippen LogP contribution is -3.00. The lowest BCUT2D eigenvalue weighted by atomic mass is 9.91. The van der Waals surface area contributed by atoms with Crippen LogP contribution in [0.5, 0.6) is 23.0 Å². The van der Waals surface area contributed by atoms with Crippen LogP contribution in [0.2, 0.25) is 0 Å². The molecule has 2 aliphatic heterocycles. The van der Waals surface area contributed by atoms with Gasteiger partial charge in [0.05, 0.1) is 30.7 Å². The van der Waals surface area contributed by atoms with Gasteiger partial charge in [0.1, 0.15) is 0 Å². The topological polar surface area (TPSA) is 40.8 Å². The number of hydrogen-bond donors (Lipinski definition) is 0. The van der Waals surface area contributed by atoms with Crippen LogP contribution in [0.15, 0.2) is 37.0 Å². The van der Waals surface area contributed by atoms with Crippen molar-refractivity contribution in [3.8, 4) is 34.3 Å². The third-order valence-electron chi connectivity index (χ3n) is 5.38. The summed E-state index contributed by atoms with van der Waals surface area (Å²) in [4.78, 5) is 0. The van der Waals surface area contributed by atoms with Gasteiger partial charge in [-0.3, -0.25) is 0 Å². The Bertz CT molecular complexity index is 1110. The number of rotatable bonds is 3. The maximum absolute atomic E-state index is 5.66. The summed E-state index contributed by atoms with van der Waals surface area (Å²) in [7, 11) is 3.33. The maximum Gasteiger partial charge on any atom is 0.231 e. The molecule has 0 fully saturated rings. The third-order valence-corrected chi connectivity index (χ3v) is 5.38. The quantitative estimate of drug-likeness (QED) is 0.403. The SMILES string of the molecule is C=Cc1c2[n+](cc3c(OC)c(OC)ccc13)CCc1cc3c(cc1-2)OCO3.[I-]. The van der Waals surface area contributed by atoms with Crippen LogP contribution in [-0.2, 0) is 13.0 Å². The molecule has 0 saturated carbocycles. The van der Waals surface area contributed by atoms with Crippen molar-refractivity contribution < 1.29 is 47.5 Å².